The summed E-state index contributed by atoms with van der Waals surface area (Å²) < 4.78 is 0. The number of likely N-dealkylation sites (tertiary alicyclic amines) is 1. The summed E-state index contributed by atoms with van der Waals surface area (Å²) in [6, 6.07) is 19.7. The Bertz CT molecular complexity index is 586. The van der Waals surface area contributed by atoms with Gasteiger partial charge in [-0.15, -0.1) is 0 Å². The Kier molecular flexibility index (Phi) is 5.19. The Labute approximate surface area is 139 Å². The second kappa shape index (κ2) is 7.51. The molecule has 0 aliphatic carbocycles. The topological polar surface area (TPSA) is 32.5 Å². The van der Waals surface area contributed by atoms with Crippen LogP contribution in [0.25, 0.3) is 0 Å². The first-order chi connectivity index (χ1) is 11.2. The highest BCUT2D eigenvalue weighted by Crippen LogP contribution is 2.22. The molecule has 1 heterocycles. The average molecular weight is 309 g/mol. The SMILES string of the molecule is CN(c1ccccc1)C1CCN(CCc2ccc(N)cc2)CC1. The Morgan fingerprint density at radius 2 is 1.65 bits per heavy atom. The van der Waals surface area contributed by atoms with Crippen molar-refractivity contribution in [2.24, 2.45) is 0 Å². The second-order valence-corrected chi connectivity index (χ2v) is 6.51. The number of rotatable bonds is 5. The fourth-order valence-electron chi connectivity index (χ4n) is 3.38. The molecule has 0 bridgehead atoms. The number of hydrogen-bond acceptors (Lipinski definition) is 3. The first kappa shape index (κ1) is 15.9. The fraction of sp³-hybridized carbons (Fsp3) is 0.400. The van der Waals surface area contributed by atoms with Gasteiger partial charge in [0, 0.05) is 44.1 Å². The van der Waals surface area contributed by atoms with Gasteiger partial charge in [-0.3, -0.25) is 0 Å². The van der Waals surface area contributed by atoms with Gasteiger partial charge in [0.1, 0.15) is 0 Å². The molecule has 122 valence electrons. The molecule has 3 nitrogen and oxygen atoms in total. The molecule has 1 fully saturated rings. The minimum absolute atomic E-state index is 0.658. The summed E-state index contributed by atoms with van der Waals surface area (Å²) >= 11 is 0. The molecule has 0 atom stereocenters. The standard InChI is InChI=1S/C20H27N3/c1-22(19-5-3-2-4-6-19)20-12-15-23(16-13-20)14-11-17-7-9-18(21)10-8-17/h2-10,20H,11-16,21H2,1H3. The number of hydrogen-bond donors (Lipinski definition) is 1. The smallest absolute Gasteiger partial charge is 0.0366 e. The molecule has 1 aliphatic heterocycles. The number of nitrogen functional groups attached to an aromatic ring is 1. The molecule has 0 aromatic heterocycles. The highest BCUT2D eigenvalue weighted by atomic mass is 15.2. The molecule has 0 saturated carbocycles. The second-order valence-electron chi connectivity index (χ2n) is 6.51. The minimum Gasteiger partial charge on any atom is -0.399 e. The molecular weight excluding hydrogens is 282 g/mol. The third kappa shape index (κ3) is 4.26. The molecule has 23 heavy (non-hydrogen) atoms. The largest absolute Gasteiger partial charge is 0.399 e. The quantitative estimate of drug-likeness (QED) is 0.859. The van der Waals surface area contributed by atoms with E-state index in [2.05, 4.69) is 59.3 Å². The fourth-order valence-corrected chi connectivity index (χ4v) is 3.38. The van der Waals surface area contributed by atoms with E-state index in [-0.39, 0.29) is 0 Å². The van der Waals surface area contributed by atoms with E-state index < -0.39 is 0 Å². The highest BCUT2D eigenvalue weighted by Gasteiger charge is 2.22. The first-order valence-corrected chi connectivity index (χ1v) is 8.57. The summed E-state index contributed by atoms with van der Waals surface area (Å²) in [6.07, 6.45) is 3.60. The van der Waals surface area contributed by atoms with Gasteiger partial charge in [0.15, 0.2) is 0 Å². The zero-order valence-electron chi connectivity index (χ0n) is 14.0. The predicted octanol–water partition coefficient (Wildman–Crippen LogP) is 3.41. The summed E-state index contributed by atoms with van der Waals surface area (Å²) in [5, 5.41) is 0. The van der Waals surface area contributed by atoms with Crippen molar-refractivity contribution in [2.45, 2.75) is 25.3 Å². The number of benzene rings is 2. The van der Waals surface area contributed by atoms with Crippen molar-refractivity contribution >= 4 is 11.4 Å². The van der Waals surface area contributed by atoms with Gasteiger partial charge in [-0.25, -0.2) is 0 Å². The molecule has 3 rings (SSSR count). The van der Waals surface area contributed by atoms with E-state index in [1.54, 1.807) is 0 Å². The number of anilines is 2. The lowest BCUT2D eigenvalue weighted by molar-refractivity contribution is 0.213. The van der Waals surface area contributed by atoms with Crippen molar-refractivity contribution in [3.63, 3.8) is 0 Å². The maximum atomic E-state index is 5.74. The zero-order valence-corrected chi connectivity index (χ0v) is 14.0. The van der Waals surface area contributed by atoms with Crippen LogP contribution < -0.4 is 10.6 Å². The van der Waals surface area contributed by atoms with E-state index in [0.717, 1.165) is 18.7 Å². The molecule has 1 saturated heterocycles. The van der Waals surface area contributed by atoms with Crippen molar-refractivity contribution in [3.05, 3.63) is 60.2 Å². The lowest BCUT2D eigenvalue weighted by atomic mass is 10.0. The van der Waals surface area contributed by atoms with Crippen LogP contribution in [0.1, 0.15) is 18.4 Å². The molecule has 0 unspecified atom stereocenters. The van der Waals surface area contributed by atoms with Crippen molar-refractivity contribution in [1.82, 2.24) is 4.90 Å². The van der Waals surface area contributed by atoms with Crippen LogP contribution in [0.15, 0.2) is 54.6 Å². The van der Waals surface area contributed by atoms with E-state index in [9.17, 15) is 0 Å². The first-order valence-electron chi connectivity index (χ1n) is 8.57. The normalized spacial score (nSPS) is 16.4. The van der Waals surface area contributed by atoms with Crippen LogP contribution in [-0.4, -0.2) is 37.6 Å². The summed E-state index contributed by atoms with van der Waals surface area (Å²) in [5.41, 5.74) is 9.29. The lowest BCUT2D eigenvalue weighted by Gasteiger charge is -2.38. The molecule has 2 N–H and O–H groups in total. The van der Waals surface area contributed by atoms with Crippen LogP contribution in [-0.2, 0) is 6.42 Å². The Morgan fingerprint density at radius 3 is 2.30 bits per heavy atom. The number of para-hydroxylation sites is 1. The van der Waals surface area contributed by atoms with E-state index in [4.69, 9.17) is 5.73 Å². The van der Waals surface area contributed by atoms with Crippen LogP contribution in [0.3, 0.4) is 0 Å². The molecule has 2 aromatic carbocycles. The van der Waals surface area contributed by atoms with Gasteiger partial charge < -0.3 is 15.5 Å². The van der Waals surface area contributed by atoms with Crippen LogP contribution in [0, 0.1) is 0 Å². The minimum atomic E-state index is 0.658. The maximum absolute atomic E-state index is 5.74. The molecule has 0 spiro atoms. The lowest BCUT2D eigenvalue weighted by Crippen LogP contribution is -2.44. The summed E-state index contributed by atoms with van der Waals surface area (Å²) in [6.45, 7) is 3.53. The van der Waals surface area contributed by atoms with Gasteiger partial charge >= 0.3 is 0 Å². The van der Waals surface area contributed by atoms with Gasteiger partial charge in [-0.1, -0.05) is 30.3 Å². The number of nitrogens with two attached hydrogens (primary N) is 1. The van der Waals surface area contributed by atoms with Crippen molar-refractivity contribution in [3.8, 4) is 0 Å². The summed E-state index contributed by atoms with van der Waals surface area (Å²) in [4.78, 5) is 5.03. The average Bonchev–Trinajstić information content (AvgIpc) is 2.62. The third-order valence-corrected chi connectivity index (χ3v) is 4.96. The molecular formula is C20H27N3. The summed E-state index contributed by atoms with van der Waals surface area (Å²) in [7, 11) is 2.23. The zero-order chi connectivity index (χ0) is 16.1. The van der Waals surface area contributed by atoms with Crippen LogP contribution in [0.2, 0.25) is 0 Å². The van der Waals surface area contributed by atoms with Crippen molar-refractivity contribution in [1.29, 1.82) is 0 Å². The maximum Gasteiger partial charge on any atom is 0.0366 e. The Hall–Kier alpha value is -2.00. The number of nitrogens with zero attached hydrogens (tertiary/aromatic N) is 2. The highest BCUT2D eigenvalue weighted by molar-refractivity contribution is 5.46. The van der Waals surface area contributed by atoms with Crippen molar-refractivity contribution in [2.75, 3.05) is 37.3 Å². The van der Waals surface area contributed by atoms with E-state index in [1.165, 1.54) is 37.2 Å². The van der Waals surface area contributed by atoms with Crippen LogP contribution in [0.5, 0.6) is 0 Å². The molecule has 3 heteroatoms. The van der Waals surface area contributed by atoms with E-state index in [0.29, 0.717) is 6.04 Å². The van der Waals surface area contributed by atoms with Gasteiger partial charge in [-0.05, 0) is 49.1 Å². The monoisotopic (exact) mass is 309 g/mol. The van der Waals surface area contributed by atoms with Crippen LogP contribution in [0.4, 0.5) is 11.4 Å². The Balaban J connectivity index is 1.46. The molecule has 0 amide bonds. The summed E-state index contributed by atoms with van der Waals surface area (Å²) in [5.74, 6) is 0. The molecule has 1 aliphatic rings. The van der Waals surface area contributed by atoms with Gasteiger partial charge in [0.25, 0.3) is 0 Å². The van der Waals surface area contributed by atoms with Gasteiger partial charge in [0.2, 0.25) is 0 Å². The number of piperidine rings is 1. The molecule has 0 radical (unpaired) electrons. The van der Waals surface area contributed by atoms with Gasteiger partial charge in [0.05, 0.1) is 0 Å². The van der Waals surface area contributed by atoms with E-state index in [1.807, 2.05) is 12.1 Å². The predicted molar refractivity (Wildman–Crippen MR) is 98.9 cm³/mol. The van der Waals surface area contributed by atoms with E-state index >= 15 is 0 Å². The third-order valence-electron chi connectivity index (χ3n) is 4.96. The Morgan fingerprint density at radius 1 is 1.00 bits per heavy atom. The molecule has 2 aromatic rings. The van der Waals surface area contributed by atoms with Crippen molar-refractivity contribution < 1.29 is 0 Å². The van der Waals surface area contributed by atoms with Gasteiger partial charge in [-0.2, -0.15) is 0 Å². The van der Waals surface area contributed by atoms with Crippen LogP contribution >= 0.6 is 0 Å².